The zero-order valence-electron chi connectivity index (χ0n) is 8.99. The number of benzene rings is 1. The molecular weight excluding hydrogens is 210 g/mol. The van der Waals surface area contributed by atoms with E-state index in [0.717, 1.165) is 6.42 Å². The normalized spacial score (nSPS) is 14.1. The lowest BCUT2D eigenvalue weighted by Gasteiger charge is -2.12. The molecule has 1 aliphatic heterocycles. The highest BCUT2D eigenvalue weighted by molar-refractivity contribution is 5.99. The molecule has 1 aromatic rings. The number of esters is 1. The Balaban J connectivity index is 2.53. The Labute approximate surface area is 93.1 Å². The SMILES string of the molecule is COC(=O)c1c(N)ccc2c1OCCCO2. The maximum Gasteiger partial charge on any atom is 0.343 e. The summed E-state index contributed by atoms with van der Waals surface area (Å²) in [6, 6.07) is 3.31. The van der Waals surface area contributed by atoms with Crippen LogP contribution in [-0.4, -0.2) is 26.3 Å². The monoisotopic (exact) mass is 223 g/mol. The molecule has 2 rings (SSSR count). The third-order valence-corrected chi connectivity index (χ3v) is 2.34. The molecule has 0 spiro atoms. The molecule has 0 aliphatic carbocycles. The minimum absolute atomic E-state index is 0.238. The molecule has 1 aliphatic rings. The Morgan fingerprint density at radius 2 is 2.12 bits per heavy atom. The summed E-state index contributed by atoms with van der Waals surface area (Å²) in [5, 5.41) is 0. The Hall–Kier alpha value is -1.91. The summed E-state index contributed by atoms with van der Waals surface area (Å²) in [5.41, 5.74) is 6.30. The third-order valence-electron chi connectivity index (χ3n) is 2.34. The van der Waals surface area contributed by atoms with Crippen LogP contribution < -0.4 is 15.2 Å². The first-order chi connectivity index (χ1) is 7.74. The van der Waals surface area contributed by atoms with Gasteiger partial charge in [-0.2, -0.15) is 0 Å². The number of fused-ring (bicyclic) bond motifs is 1. The summed E-state index contributed by atoms with van der Waals surface area (Å²) in [5.74, 6) is 0.399. The van der Waals surface area contributed by atoms with Gasteiger partial charge in [-0.05, 0) is 12.1 Å². The van der Waals surface area contributed by atoms with Crippen molar-refractivity contribution in [1.82, 2.24) is 0 Å². The molecule has 0 atom stereocenters. The Morgan fingerprint density at radius 3 is 2.88 bits per heavy atom. The Bertz CT molecular complexity index is 417. The molecular formula is C11H13NO4. The van der Waals surface area contributed by atoms with Crippen molar-refractivity contribution in [2.45, 2.75) is 6.42 Å². The second-order valence-corrected chi connectivity index (χ2v) is 3.40. The lowest BCUT2D eigenvalue weighted by molar-refractivity contribution is 0.0597. The van der Waals surface area contributed by atoms with Gasteiger partial charge in [0.15, 0.2) is 11.5 Å². The van der Waals surface area contributed by atoms with E-state index in [2.05, 4.69) is 4.74 Å². The van der Waals surface area contributed by atoms with E-state index in [4.69, 9.17) is 15.2 Å². The summed E-state index contributed by atoms with van der Waals surface area (Å²) in [6.07, 6.45) is 0.773. The fourth-order valence-corrected chi connectivity index (χ4v) is 1.56. The molecule has 0 saturated carbocycles. The number of rotatable bonds is 1. The highest BCUT2D eigenvalue weighted by Gasteiger charge is 2.23. The quantitative estimate of drug-likeness (QED) is 0.572. The summed E-state index contributed by atoms with van der Waals surface area (Å²) in [4.78, 5) is 11.6. The molecule has 0 bridgehead atoms. The van der Waals surface area contributed by atoms with Crippen LogP contribution in [0.3, 0.4) is 0 Å². The van der Waals surface area contributed by atoms with Crippen LogP contribution in [0.25, 0.3) is 0 Å². The molecule has 5 heteroatoms. The highest BCUT2D eigenvalue weighted by atomic mass is 16.5. The van der Waals surface area contributed by atoms with Crippen LogP contribution in [0.5, 0.6) is 11.5 Å². The molecule has 2 N–H and O–H groups in total. The second kappa shape index (κ2) is 4.30. The fourth-order valence-electron chi connectivity index (χ4n) is 1.56. The van der Waals surface area contributed by atoms with E-state index in [1.807, 2.05) is 0 Å². The van der Waals surface area contributed by atoms with E-state index in [-0.39, 0.29) is 5.56 Å². The van der Waals surface area contributed by atoms with Crippen molar-refractivity contribution in [3.63, 3.8) is 0 Å². The van der Waals surface area contributed by atoms with E-state index in [1.54, 1.807) is 12.1 Å². The summed E-state index contributed by atoms with van der Waals surface area (Å²) < 4.78 is 15.6. The van der Waals surface area contributed by atoms with E-state index in [0.29, 0.717) is 30.4 Å². The topological polar surface area (TPSA) is 70.8 Å². The molecule has 5 nitrogen and oxygen atoms in total. The smallest absolute Gasteiger partial charge is 0.343 e. The van der Waals surface area contributed by atoms with Gasteiger partial charge in [0.1, 0.15) is 5.56 Å². The summed E-state index contributed by atoms with van der Waals surface area (Å²) in [6.45, 7) is 1.07. The van der Waals surface area contributed by atoms with Crippen molar-refractivity contribution >= 4 is 11.7 Å². The van der Waals surface area contributed by atoms with Gasteiger partial charge in [0.05, 0.1) is 26.0 Å². The van der Waals surface area contributed by atoms with E-state index in [9.17, 15) is 4.79 Å². The van der Waals surface area contributed by atoms with Crippen molar-refractivity contribution < 1.29 is 19.0 Å². The number of hydrogen-bond acceptors (Lipinski definition) is 5. The van der Waals surface area contributed by atoms with Crippen molar-refractivity contribution in [3.8, 4) is 11.5 Å². The number of anilines is 1. The van der Waals surface area contributed by atoms with E-state index >= 15 is 0 Å². The van der Waals surface area contributed by atoms with E-state index < -0.39 is 5.97 Å². The largest absolute Gasteiger partial charge is 0.490 e. The van der Waals surface area contributed by atoms with Crippen LogP contribution in [0.1, 0.15) is 16.8 Å². The molecule has 1 heterocycles. The first-order valence-corrected chi connectivity index (χ1v) is 5.00. The predicted molar refractivity (Wildman–Crippen MR) is 57.8 cm³/mol. The van der Waals surface area contributed by atoms with Gasteiger partial charge in [0.2, 0.25) is 0 Å². The average Bonchev–Trinajstić information content (AvgIpc) is 2.53. The molecule has 0 unspecified atom stereocenters. The number of methoxy groups -OCH3 is 1. The molecule has 1 aromatic carbocycles. The maximum atomic E-state index is 11.6. The third kappa shape index (κ3) is 1.76. The van der Waals surface area contributed by atoms with E-state index in [1.165, 1.54) is 7.11 Å². The van der Waals surface area contributed by atoms with Crippen molar-refractivity contribution in [1.29, 1.82) is 0 Å². The lowest BCUT2D eigenvalue weighted by atomic mass is 10.1. The standard InChI is InChI=1S/C11H13NO4/c1-14-11(13)9-7(12)3-4-8-10(9)16-6-2-5-15-8/h3-4H,2,5-6,12H2,1H3. The lowest BCUT2D eigenvalue weighted by Crippen LogP contribution is -2.09. The molecule has 0 fully saturated rings. The first-order valence-electron chi connectivity index (χ1n) is 5.00. The predicted octanol–water partition coefficient (Wildman–Crippen LogP) is 1.22. The first kappa shape index (κ1) is 10.6. The van der Waals surface area contributed by atoms with Gasteiger partial charge in [-0.1, -0.05) is 0 Å². The highest BCUT2D eigenvalue weighted by Crippen LogP contribution is 2.37. The van der Waals surface area contributed by atoms with Gasteiger partial charge < -0.3 is 19.9 Å². The maximum absolute atomic E-state index is 11.6. The average molecular weight is 223 g/mol. The van der Waals surface area contributed by atoms with Crippen molar-refractivity contribution in [3.05, 3.63) is 17.7 Å². The molecule has 16 heavy (non-hydrogen) atoms. The van der Waals surface area contributed by atoms with Gasteiger partial charge in [0, 0.05) is 6.42 Å². The van der Waals surface area contributed by atoms with Crippen LogP contribution in [0.2, 0.25) is 0 Å². The zero-order chi connectivity index (χ0) is 11.5. The molecule has 0 saturated heterocycles. The summed E-state index contributed by atoms with van der Waals surface area (Å²) in [7, 11) is 1.30. The number of hydrogen-bond donors (Lipinski definition) is 1. The van der Waals surface area contributed by atoms with Gasteiger partial charge in [-0.25, -0.2) is 4.79 Å². The zero-order valence-corrected chi connectivity index (χ0v) is 8.99. The van der Waals surface area contributed by atoms with Crippen molar-refractivity contribution in [2.75, 3.05) is 26.1 Å². The fraction of sp³-hybridized carbons (Fsp3) is 0.364. The minimum Gasteiger partial charge on any atom is -0.490 e. The number of ether oxygens (including phenoxy) is 3. The second-order valence-electron chi connectivity index (χ2n) is 3.40. The van der Waals surface area contributed by atoms with Gasteiger partial charge in [0.25, 0.3) is 0 Å². The van der Waals surface area contributed by atoms with Crippen LogP contribution in [0.4, 0.5) is 5.69 Å². The number of carbonyl (C=O) groups is 1. The van der Waals surface area contributed by atoms with Gasteiger partial charge in [-0.15, -0.1) is 0 Å². The van der Waals surface area contributed by atoms with Crippen molar-refractivity contribution in [2.24, 2.45) is 0 Å². The minimum atomic E-state index is -0.514. The molecule has 0 radical (unpaired) electrons. The van der Waals surface area contributed by atoms with Crippen LogP contribution in [0.15, 0.2) is 12.1 Å². The van der Waals surface area contributed by atoms with Crippen LogP contribution in [-0.2, 0) is 4.74 Å². The Morgan fingerprint density at radius 1 is 1.38 bits per heavy atom. The number of nitrogen functional groups attached to an aromatic ring is 1. The summed E-state index contributed by atoms with van der Waals surface area (Å²) >= 11 is 0. The van der Waals surface area contributed by atoms with Gasteiger partial charge in [-0.3, -0.25) is 0 Å². The molecule has 0 aromatic heterocycles. The van der Waals surface area contributed by atoms with Gasteiger partial charge >= 0.3 is 5.97 Å². The number of nitrogens with two attached hydrogens (primary N) is 1. The Kier molecular flexibility index (Phi) is 2.85. The van der Waals surface area contributed by atoms with Crippen LogP contribution >= 0.6 is 0 Å². The number of carbonyl (C=O) groups excluding carboxylic acids is 1. The molecule has 86 valence electrons. The molecule has 0 amide bonds. The van der Waals surface area contributed by atoms with Crippen LogP contribution in [0, 0.1) is 0 Å².